The Morgan fingerprint density at radius 2 is 2.17 bits per heavy atom. The Kier molecular flexibility index (Phi) is 3.42. The monoisotopic (exact) mass is 267 g/mol. The van der Waals surface area contributed by atoms with E-state index in [1.165, 1.54) is 0 Å². The summed E-state index contributed by atoms with van der Waals surface area (Å²) in [6.45, 7) is 1.00. The van der Waals surface area contributed by atoms with Crippen molar-refractivity contribution in [1.29, 1.82) is 0 Å². The number of halogens is 4. The minimum Gasteiger partial charge on any atom is -0.338 e. The van der Waals surface area contributed by atoms with Crippen LogP contribution in [0, 0.1) is 0 Å². The van der Waals surface area contributed by atoms with Crippen LogP contribution in [-0.2, 0) is 5.92 Å². The zero-order chi connectivity index (χ0) is 13.3. The van der Waals surface area contributed by atoms with Crippen LogP contribution in [0.1, 0.15) is 18.7 Å². The standard InChI is InChI=1S/C9H13F4N5/c10-6(11)9(12,13)7-15-8(17-16-7)18-3-1-2-5(14)4-18/h5-6H,1-4,14H2,(H,15,16,17). The molecule has 3 N–H and O–H groups in total. The lowest BCUT2D eigenvalue weighted by atomic mass is 10.1. The highest BCUT2D eigenvalue weighted by Gasteiger charge is 2.46. The lowest BCUT2D eigenvalue weighted by molar-refractivity contribution is -0.140. The van der Waals surface area contributed by atoms with Gasteiger partial charge in [0.05, 0.1) is 0 Å². The van der Waals surface area contributed by atoms with Gasteiger partial charge in [-0.2, -0.15) is 13.8 Å². The molecule has 1 aromatic heterocycles. The van der Waals surface area contributed by atoms with Gasteiger partial charge < -0.3 is 10.6 Å². The largest absolute Gasteiger partial charge is 0.365 e. The lowest BCUT2D eigenvalue weighted by Crippen LogP contribution is -2.43. The number of aromatic amines is 1. The molecule has 0 bridgehead atoms. The van der Waals surface area contributed by atoms with E-state index in [0.29, 0.717) is 13.1 Å². The molecule has 102 valence electrons. The molecule has 1 saturated heterocycles. The predicted octanol–water partition coefficient (Wildman–Crippen LogP) is 1.09. The highest BCUT2D eigenvalue weighted by atomic mass is 19.3. The predicted molar refractivity (Wildman–Crippen MR) is 55.7 cm³/mol. The molecule has 5 nitrogen and oxygen atoms in total. The summed E-state index contributed by atoms with van der Waals surface area (Å²) >= 11 is 0. The molecule has 0 spiro atoms. The number of hydrogen-bond donors (Lipinski definition) is 2. The molecule has 1 aliphatic heterocycles. The molecule has 0 aliphatic carbocycles. The van der Waals surface area contributed by atoms with Gasteiger partial charge in [0.2, 0.25) is 11.8 Å². The van der Waals surface area contributed by atoms with Gasteiger partial charge >= 0.3 is 12.3 Å². The van der Waals surface area contributed by atoms with E-state index in [-0.39, 0.29) is 12.0 Å². The summed E-state index contributed by atoms with van der Waals surface area (Å²) in [6.07, 6.45) is -2.20. The fourth-order valence-corrected chi connectivity index (χ4v) is 1.84. The maximum Gasteiger partial charge on any atom is 0.365 e. The van der Waals surface area contributed by atoms with Crippen molar-refractivity contribution in [3.8, 4) is 0 Å². The van der Waals surface area contributed by atoms with E-state index in [1.807, 2.05) is 5.10 Å². The summed E-state index contributed by atoms with van der Waals surface area (Å²) in [6, 6.07) is -0.0868. The number of aromatic nitrogens is 3. The average Bonchev–Trinajstić information content (AvgIpc) is 2.78. The van der Waals surface area contributed by atoms with Crippen molar-refractivity contribution in [1.82, 2.24) is 15.2 Å². The van der Waals surface area contributed by atoms with Gasteiger partial charge in [0.15, 0.2) is 0 Å². The van der Waals surface area contributed by atoms with E-state index >= 15 is 0 Å². The van der Waals surface area contributed by atoms with Crippen LogP contribution in [-0.4, -0.2) is 40.7 Å². The van der Waals surface area contributed by atoms with Crippen molar-refractivity contribution < 1.29 is 17.6 Å². The number of alkyl halides is 4. The topological polar surface area (TPSA) is 70.8 Å². The van der Waals surface area contributed by atoms with Gasteiger partial charge in [0.25, 0.3) is 0 Å². The van der Waals surface area contributed by atoms with Gasteiger partial charge in [-0.15, -0.1) is 5.10 Å². The number of anilines is 1. The minimum atomic E-state index is -4.32. The first kappa shape index (κ1) is 13.1. The Bertz CT molecular complexity index is 407. The Hall–Kier alpha value is -1.38. The van der Waals surface area contributed by atoms with Crippen molar-refractivity contribution in [3.63, 3.8) is 0 Å². The summed E-state index contributed by atoms with van der Waals surface area (Å²) in [5.41, 5.74) is 5.73. The van der Waals surface area contributed by atoms with Crippen LogP contribution >= 0.6 is 0 Å². The van der Waals surface area contributed by atoms with Crippen molar-refractivity contribution in [3.05, 3.63) is 5.82 Å². The number of nitrogens with one attached hydrogen (secondary N) is 1. The molecule has 1 unspecified atom stereocenters. The third-order valence-electron chi connectivity index (χ3n) is 2.80. The van der Waals surface area contributed by atoms with E-state index in [2.05, 4.69) is 10.1 Å². The van der Waals surface area contributed by atoms with E-state index in [1.54, 1.807) is 4.90 Å². The van der Waals surface area contributed by atoms with Crippen LogP contribution in [0.15, 0.2) is 0 Å². The molecule has 2 heterocycles. The second kappa shape index (κ2) is 4.71. The van der Waals surface area contributed by atoms with Crippen molar-refractivity contribution in [2.45, 2.75) is 31.2 Å². The Morgan fingerprint density at radius 3 is 2.78 bits per heavy atom. The average molecular weight is 267 g/mol. The van der Waals surface area contributed by atoms with Crippen LogP contribution in [0.4, 0.5) is 23.5 Å². The lowest BCUT2D eigenvalue weighted by Gasteiger charge is -2.29. The van der Waals surface area contributed by atoms with E-state index < -0.39 is 18.2 Å². The smallest absolute Gasteiger partial charge is 0.338 e. The Labute approximate surface area is 100 Å². The molecular formula is C9H13F4N5. The molecule has 2 rings (SSSR count). The van der Waals surface area contributed by atoms with E-state index in [0.717, 1.165) is 12.8 Å². The summed E-state index contributed by atoms with van der Waals surface area (Å²) in [5, 5.41) is 5.41. The molecule has 9 heteroatoms. The molecule has 1 aliphatic rings. The first-order valence-electron chi connectivity index (χ1n) is 5.50. The Morgan fingerprint density at radius 1 is 1.44 bits per heavy atom. The van der Waals surface area contributed by atoms with Crippen LogP contribution in [0.25, 0.3) is 0 Å². The summed E-state index contributed by atoms with van der Waals surface area (Å²) in [7, 11) is 0. The molecule has 0 amide bonds. The fourth-order valence-electron chi connectivity index (χ4n) is 1.84. The SMILES string of the molecule is NC1CCCN(c2n[nH]c(C(F)(F)C(F)F)n2)C1. The minimum absolute atomic E-state index is 0.0134. The zero-order valence-corrected chi connectivity index (χ0v) is 9.41. The molecule has 0 radical (unpaired) electrons. The highest BCUT2D eigenvalue weighted by Crippen LogP contribution is 2.32. The zero-order valence-electron chi connectivity index (χ0n) is 9.41. The van der Waals surface area contributed by atoms with Crippen LogP contribution < -0.4 is 10.6 Å². The molecule has 0 aromatic carbocycles. The molecule has 1 fully saturated rings. The Balaban J connectivity index is 2.15. The molecule has 1 atom stereocenters. The van der Waals surface area contributed by atoms with E-state index in [9.17, 15) is 17.6 Å². The van der Waals surface area contributed by atoms with Gasteiger partial charge in [-0.1, -0.05) is 0 Å². The number of piperidine rings is 1. The molecule has 18 heavy (non-hydrogen) atoms. The second-order valence-corrected chi connectivity index (χ2v) is 4.26. The summed E-state index contributed by atoms with van der Waals surface area (Å²) in [5.74, 6) is -5.45. The van der Waals surface area contributed by atoms with Gasteiger partial charge in [0.1, 0.15) is 0 Å². The van der Waals surface area contributed by atoms with Crippen molar-refractivity contribution in [2.75, 3.05) is 18.0 Å². The maximum absolute atomic E-state index is 13.0. The quantitative estimate of drug-likeness (QED) is 0.804. The first-order valence-corrected chi connectivity index (χ1v) is 5.50. The molecule has 1 aromatic rings. The highest BCUT2D eigenvalue weighted by molar-refractivity contribution is 5.30. The number of hydrogen-bond acceptors (Lipinski definition) is 4. The van der Waals surface area contributed by atoms with Crippen LogP contribution in [0.3, 0.4) is 0 Å². The molecular weight excluding hydrogens is 254 g/mol. The normalized spacial score (nSPS) is 21.7. The molecule has 0 saturated carbocycles. The summed E-state index contributed by atoms with van der Waals surface area (Å²) < 4.78 is 50.3. The van der Waals surface area contributed by atoms with Crippen LogP contribution in [0.2, 0.25) is 0 Å². The number of H-pyrrole nitrogens is 1. The number of nitrogens with zero attached hydrogens (tertiary/aromatic N) is 3. The van der Waals surface area contributed by atoms with Gasteiger partial charge in [-0.25, -0.2) is 8.78 Å². The number of rotatable bonds is 3. The van der Waals surface area contributed by atoms with Gasteiger partial charge in [-0.3, -0.25) is 5.10 Å². The third kappa shape index (κ3) is 2.40. The second-order valence-electron chi connectivity index (χ2n) is 4.26. The van der Waals surface area contributed by atoms with Gasteiger partial charge in [-0.05, 0) is 12.8 Å². The first-order chi connectivity index (χ1) is 8.41. The van der Waals surface area contributed by atoms with Crippen molar-refractivity contribution in [2.24, 2.45) is 5.73 Å². The summed E-state index contributed by atoms with van der Waals surface area (Å²) in [4.78, 5) is 5.04. The maximum atomic E-state index is 13.0. The fraction of sp³-hybridized carbons (Fsp3) is 0.778. The number of nitrogens with two attached hydrogens (primary N) is 1. The van der Waals surface area contributed by atoms with Gasteiger partial charge in [0, 0.05) is 19.1 Å². The van der Waals surface area contributed by atoms with E-state index in [4.69, 9.17) is 5.73 Å². The van der Waals surface area contributed by atoms with Crippen LogP contribution in [0.5, 0.6) is 0 Å². The van der Waals surface area contributed by atoms with Crippen molar-refractivity contribution >= 4 is 5.95 Å². The third-order valence-corrected chi connectivity index (χ3v) is 2.80.